The maximum atomic E-state index is 12.5. The zero-order chi connectivity index (χ0) is 17.2. The average molecular weight is 402 g/mol. The average Bonchev–Trinajstić information content (AvgIpc) is 3.42. The summed E-state index contributed by atoms with van der Waals surface area (Å²) in [6.45, 7) is 2.97. The van der Waals surface area contributed by atoms with E-state index in [-0.39, 0.29) is 12.1 Å². The highest BCUT2D eigenvalue weighted by Gasteiger charge is 2.41. The first kappa shape index (κ1) is 16.3. The zero-order valence-electron chi connectivity index (χ0n) is 13.8. The summed E-state index contributed by atoms with van der Waals surface area (Å²) >= 11 is 3.60. The van der Waals surface area contributed by atoms with E-state index in [1.54, 1.807) is 18.6 Å². The van der Waals surface area contributed by atoms with Crippen molar-refractivity contribution in [1.29, 1.82) is 0 Å². The van der Waals surface area contributed by atoms with Crippen LogP contribution in [0.4, 0.5) is 10.6 Å². The van der Waals surface area contributed by atoms with Gasteiger partial charge in [-0.2, -0.15) is 0 Å². The van der Waals surface area contributed by atoms with Crippen LogP contribution in [0.1, 0.15) is 17.9 Å². The SMILES string of the molecule is O=C(N[C@@H]1C[C@H]1c1ccccc1Br)N1CCN(c2cnccn2)CC1. The molecule has 6 nitrogen and oxygen atoms in total. The van der Waals surface area contributed by atoms with Crippen molar-refractivity contribution < 1.29 is 4.79 Å². The van der Waals surface area contributed by atoms with Crippen LogP contribution in [0.2, 0.25) is 0 Å². The molecule has 7 heteroatoms. The molecule has 2 atom stereocenters. The Morgan fingerprint density at radius 1 is 1.16 bits per heavy atom. The van der Waals surface area contributed by atoms with Crippen molar-refractivity contribution in [2.45, 2.75) is 18.4 Å². The Kier molecular flexibility index (Phi) is 4.57. The Morgan fingerprint density at radius 2 is 1.96 bits per heavy atom. The highest BCUT2D eigenvalue weighted by Crippen LogP contribution is 2.43. The first-order chi connectivity index (χ1) is 12.2. The molecule has 1 aromatic carbocycles. The minimum atomic E-state index is 0.0401. The quantitative estimate of drug-likeness (QED) is 0.858. The topological polar surface area (TPSA) is 61.4 Å². The number of carbonyl (C=O) groups is 1. The fraction of sp³-hybridized carbons (Fsp3) is 0.389. The number of aromatic nitrogens is 2. The number of carbonyl (C=O) groups excluding carboxylic acids is 1. The van der Waals surface area contributed by atoms with Gasteiger partial charge < -0.3 is 15.1 Å². The third kappa shape index (κ3) is 3.61. The molecule has 130 valence electrons. The van der Waals surface area contributed by atoms with Crippen LogP contribution in [0.3, 0.4) is 0 Å². The van der Waals surface area contributed by atoms with E-state index in [0.717, 1.165) is 29.8 Å². The van der Waals surface area contributed by atoms with Gasteiger partial charge in [-0.05, 0) is 18.1 Å². The lowest BCUT2D eigenvalue weighted by molar-refractivity contribution is 0.193. The normalized spacial score (nSPS) is 22.6. The molecule has 2 aliphatic rings. The second-order valence-electron chi connectivity index (χ2n) is 6.46. The van der Waals surface area contributed by atoms with Crippen LogP contribution in [0.15, 0.2) is 47.3 Å². The summed E-state index contributed by atoms with van der Waals surface area (Å²) in [6.07, 6.45) is 6.14. The molecular formula is C18H20BrN5O. The van der Waals surface area contributed by atoms with E-state index in [1.807, 2.05) is 17.0 Å². The lowest BCUT2D eigenvalue weighted by atomic mass is 10.1. The van der Waals surface area contributed by atoms with Crippen LogP contribution in [-0.4, -0.2) is 53.1 Å². The molecule has 4 rings (SSSR count). The molecule has 0 radical (unpaired) electrons. The number of rotatable bonds is 3. The predicted molar refractivity (Wildman–Crippen MR) is 99.6 cm³/mol. The van der Waals surface area contributed by atoms with Gasteiger partial charge in [0.15, 0.2) is 0 Å². The Bertz CT molecular complexity index is 748. The summed E-state index contributed by atoms with van der Waals surface area (Å²) in [5.74, 6) is 1.29. The van der Waals surface area contributed by atoms with Crippen LogP contribution >= 0.6 is 15.9 Å². The Hall–Kier alpha value is -2.15. The number of anilines is 1. The minimum Gasteiger partial charge on any atom is -0.352 e. The maximum absolute atomic E-state index is 12.5. The number of hydrogen-bond donors (Lipinski definition) is 1. The van der Waals surface area contributed by atoms with E-state index >= 15 is 0 Å². The molecule has 2 fully saturated rings. The van der Waals surface area contributed by atoms with Gasteiger partial charge in [-0.25, -0.2) is 9.78 Å². The number of nitrogens with one attached hydrogen (secondary N) is 1. The number of amides is 2. The third-order valence-corrected chi connectivity index (χ3v) is 5.57. The van der Waals surface area contributed by atoms with Crippen LogP contribution in [0.25, 0.3) is 0 Å². The van der Waals surface area contributed by atoms with Crippen LogP contribution in [0.5, 0.6) is 0 Å². The molecule has 1 aromatic heterocycles. The van der Waals surface area contributed by atoms with Gasteiger partial charge in [-0.1, -0.05) is 34.1 Å². The first-order valence-electron chi connectivity index (χ1n) is 8.53. The first-order valence-corrected chi connectivity index (χ1v) is 9.32. The van der Waals surface area contributed by atoms with Gasteiger partial charge in [0.25, 0.3) is 0 Å². The Balaban J connectivity index is 1.28. The largest absolute Gasteiger partial charge is 0.352 e. The summed E-state index contributed by atoms with van der Waals surface area (Å²) in [4.78, 5) is 25.0. The van der Waals surface area contributed by atoms with Gasteiger partial charge in [0, 0.05) is 55.0 Å². The van der Waals surface area contributed by atoms with Gasteiger partial charge in [-0.15, -0.1) is 0 Å². The zero-order valence-corrected chi connectivity index (χ0v) is 15.4. The van der Waals surface area contributed by atoms with E-state index in [9.17, 15) is 4.79 Å². The van der Waals surface area contributed by atoms with Gasteiger partial charge in [0.1, 0.15) is 5.82 Å². The number of benzene rings is 1. The fourth-order valence-electron chi connectivity index (χ4n) is 3.32. The highest BCUT2D eigenvalue weighted by atomic mass is 79.9. The summed E-state index contributed by atoms with van der Waals surface area (Å²) in [5, 5.41) is 3.17. The van der Waals surface area contributed by atoms with Crippen LogP contribution < -0.4 is 10.2 Å². The maximum Gasteiger partial charge on any atom is 0.317 e. The lowest BCUT2D eigenvalue weighted by Crippen LogP contribution is -2.52. The number of urea groups is 1. The van der Waals surface area contributed by atoms with E-state index in [0.29, 0.717) is 19.0 Å². The summed E-state index contributed by atoms with van der Waals surface area (Å²) in [5.41, 5.74) is 1.28. The van der Waals surface area contributed by atoms with Crippen molar-refractivity contribution in [1.82, 2.24) is 20.2 Å². The van der Waals surface area contributed by atoms with Gasteiger partial charge in [-0.3, -0.25) is 4.98 Å². The smallest absolute Gasteiger partial charge is 0.317 e. The van der Waals surface area contributed by atoms with Crippen LogP contribution in [0, 0.1) is 0 Å². The Morgan fingerprint density at radius 3 is 2.68 bits per heavy atom. The fourth-order valence-corrected chi connectivity index (χ4v) is 3.90. The minimum absolute atomic E-state index is 0.0401. The number of hydrogen-bond acceptors (Lipinski definition) is 4. The molecule has 0 bridgehead atoms. The molecule has 2 aromatic rings. The van der Waals surface area contributed by atoms with Crippen molar-refractivity contribution in [3.8, 4) is 0 Å². The second-order valence-corrected chi connectivity index (χ2v) is 7.31. The summed E-state index contributed by atoms with van der Waals surface area (Å²) in [6, 6.07) is 8.52. The van der Waals surface area contributed by atoms with E-state index in [1.165, 1.54) is 5.56 Å². The van der Waals surface area contributed by atoms with Crippen molar-refractivity contribution >= 4 is 27.8 Å². The predicted octanol–water partition coefficient (Wildman–Crippen LogP) is 2.63. The van der Waals surface area contributed by atoms with E-state index < -0.39 is 0 Å². The highest BCUT2D eigenvalue weighted by molar-refractivity contribution is 9.10. The molecule has 0 unspecified atom stereocenters. The molecule has 25 heavy (non-hydrogen) atoms. The molecule has 1 N–H and O–H groups in total. The van der Waals surface area contributed by atoms with Gasteiger partial charge >= 0.3 is 6.03 Å². The van der Waals surface area contributed by atoms with Crippen LogP contribution in [-0.2, 0) is 0 Å². The standard InChI is InChI=1S/C18H20BrN5O/c19-15-4-2-1-3-13(15)14-11-16(14)22-18(25)24-9-7-23(8-10-24)17-12-20-5-6-21-17/h1-6,12,14,16H,7-11H2,(H,22,25)/t14-,16+/m0/s1. The third-order valence-electron chi connectivity index (χ3n) is 4.84. The van der Waals surface area contributed by atoms with Gasteiger partial charge in [0.2, 0.25) is 0 Å². The second kappa shape index (κ2) is 7.00. The summed E-state index contributed by atoms with van der Waals surface area (Å²) in [7, 11) is 0. The molecule has 2 heterocycles. The summed E-state index contributed by atoms with van der Waals surface area (Å²) < 4.78 is 1.12. The van der Waals surface area contributed by atoms with Gasteiger partial charge in [0.05, 0.1) is 6.20 Å². The monoisotopic (exact) mass is 401 g/mol. The van der Waals surface area contributed by atoms with Crippen molar-refractivity contribution in [2.24, 2.45) is 0 Å². The van der Waals surface area contributed by atoms with Crippen molar-refractivity contribution in [2.75, 3.05) is 31.1 Å². The number of nitrogens with zero attached hydrogens (tertiary/aromatic N) is 4. The van der Waals surface area contributed by atoms with Crippen molar-refractivity contribution in [3.63, 3.8) is 0 Å². The number of piperazine rings is 1. The lowest BCUT2D eigenvalue weighted by Gasteiger charge is -2.35. The molecule has 0 spiro atoms. The Labute approximate surface area is 155 Å². The molecule has 1 saturated heterocycles. The molecule has 1 saturated carbocycles. The molecule has 2 amide bonds. The number of halogens is 1. The van der Waals surface area contributed by atoms with E-state index in [2.05, 4.69) is 48.2 Å². The molecular weight excluding hydrogens is 382 g/mol. The van der Waals surface area contributed by atoms with Crippen molar-refractivity contribution in [3.05, 3.63) is 52.9 Å². The molecule has 1 aliphatic heterocycles. The molecule has 1 aliphatic carbocycles. The van der Waals surface area contributed by atoms with E-state index in [4.69, 9.17) is 0 Å².